The zero-order chi connectivity index (χ0) is 13.8. The number of hydrogen-bond acceptors (Lipinski definition) is 3. The van der Waals surface area contributed by atoms with Gasteiger partial charge in [-0.3, -0.25) is 9.59 Å². The van der Waals surface area contributed by atoms with E-state index in [0.29, 0.717) is 16.9 Å². The second-order valence-electron chi connectivity index (χ2n) is 4.16. The van der Waals surface area contributed by atoms with E-state index in [-0.39, 0.29) is 11.9 Å². The standard InChI is InChI=1S/C13H12BrNO4/c14-11-5-3-10(19-11)4-6-12(16)15-9-2-1-8(7-9)13(17)18/h1-6,8-9H,7H2,(H,15,16)(H,17,18). The van der Waals surface area contributed by atoms with Crippen LogP contribution in [0.3, 0.4) is 0 Å². The molecule has 1 aliphatic carbocycles. The third-order valence-electron chi connectivity index (χ3n) is 2.72. The van der Waals surface area contributed by atoms with E-state index in [1.807, 2.05) is 0 Å². The Morgan fingerprint density at radius 1 is 1.42 bits per heavy atom. The molecule has 5 nitrogen and oxygen atoms in total. The molecule has 0 bridgehead atoms. The van der Waals surface area contributed by atoms with Crippen LogP contribution in [0.1, 0.15) is 12.2 Å². The number of hydrogen-bond donors (Lipinski definition) is 2. The molecule has 6 heteroatoms. The Bertz CT molecular complexity index is 547. The molecular formula is C13H12BrNO4. The lowest BCUT2D eigenvalue weighted by molar-refractivity contribution is -0.140. The molecule has 2 unspecified atom stereocenters. The third kappa shape index (κ3) is 3.82. The highest BCUT2D eigenvalue weighted by atomic mass is 79.9. The SMILES string of the molecule is O=C(C=Cc1ccc(Br)o1)NC1C=CC(C(=O)O)C1. The van der Waals surface area contributed by atoms with Crippen molar-refractivity contribution in [1.29, 1.82) is 0 Å². The van der Waals surface area contributed by atoms with Gasteiger partial charge in [0.25, 0.3) is 0 Å². The summed E-state index contributed by atoms with van der Waals surface area (Å²) in [6, 6.07) is 3.22. The van der Waals surface area contributed by atoms with E-state index in [1.165, 1.54) is 6.08 Å². The van der Waals surface area contributed by atoms with Crippen molar-refractivity contribution in [2.75, 3.05) is 0 Å². The number of carboxylic acid groups (broad SMARTS) is 1. The van der Waals surface area contributed by atoms with E-state index >= 15 is 0 Å². The van der Waals surface area contributed by atoms with Gasteiger partial charge in [0.15, 0.2) is 4.67 Å². The van der Waals surface area contributed by atoms with E-state index in [2.05, 4.69) is 21.2 Å². The van der Waals surface area contributed by atoms with Crippen LogP contribution < -0.4 is 5.32 Å². The fourth-order valence-corrected chi connectivity index (χ4v) is 2.11. The Morgan fingerprint density at radius 2 is 2.21 bits per heavy atom. The minimum Gasteiger partial charge on any atom is -0.481 e. The maximum absolute atomic E-state index is 11.6. The first-order valence-corrected chi connectivity index (χ1v) is 6.49. The van der Waals surface area contributed by atoms with Crippen molar-refractivity contribution in [3.63, 3.8) is 0 Å². The lowest BCUT2D eigenvalue weighted by atomic mass is 10.1. The summed E-state index contributed by atoms with van der Waals surface area (Å²) in [5.41, 5.74) is 0. The number of furan rings is 1. The lowest BCUT2D eigenvalue weighted by Crippen LogP contribution is -2.31. The number of carbonyl (C=O) groups excluding carboxylic acids is 1. The number of carboxylic acids is 1. The molecule has 0 aliphatic heterocycles. The summed E-state index contributed by atoms with van der Waals surface area (Å²) in [5.74, 6) is -1.11. The van der Waals surface area contributed by atoms with Gasteiger partial charge in [0.2, 0.25) is 5.91 Å². The normalized spacial score (nSPS) is 21.9. The molecule has 19 heavy (non-hydrogen) atoms. The van der Waals surface area contributed by atoms with Crippen molar-refractivity contribution >= 4 is 33.9 Å². The summed E-state index contributed by atoms with van der Waals surface area (Å²) in [6.07, 6.45) is 6.59. The molecule has 0 aromatic carbocycles. The Hall–Kier alpha value is -1.82. The fraction of sp³-hybridized carbons (Fsp3) is 0.231. The average molecular weight is 326 g/mol. The zero-order valence-corrected chi connectivity index (χ0v) is 11.5. The van der Waals surface area contributed by atoms with Crippen LogP contribution in [-0.4, -0.2) is 23.0 Å². The molecule has 0 saturated heterocycles. The number of rotatable bonds is 4. The van der Waals surface area contributed by atoms with Crippen molar-refractivity contribution < 1.29 is 19.1 Å². The Balaban J connectivity index is 1.84. The van der Waals surface area contributed by atoms with Crippen molar-refractivity contribution in [2.45, 2.75) is 12.5 Å². The first kappa shape index (κ1) is 13.6. The highest BCUT2D eigenvalue weighted by Crippen LogP contribution is 2.18. The zero-order valence-electron chi connectivity index (χ0n) is 9.88. The minimum atomic E-state index is -0.871. The van der Waals surface area contributed by atoms with Crippen molar-refractivity contribution in [1.82, 2.24) is 5.32 Å². The first-order valence-electron chi connectivity index (χ1n) is 5.69. The van der Waals surface area contributed by atoms with E-state index in [1.54, 1.807) is 30.4 Å². The third-order valence-corrected chi connectivity index (χ3v) is 3.15. The van der Waals surface area contributed by atoms with Crippen LogP contribution >= 0.6 is 15.9 Å². The lowest BCUT2D eigenvalue weighted by Gasteiger charge is -2.09. The van der Waals surface area contributed by atoms with Crippen molar-refractivity contribution in [3.8, 4) is 0 Å². The van der Waals surface area contributed by atoms with Gasteiger partial charge in [-0.1, -0.05) is 12.2 Å². The van der Waals surface area contributed by atoms with Gasteiger partial charge in [0.05, 0.1) is 5.92 Å². The minimum absolute atomic E-state index is 0.235. The van der Waals surface area contributed by atoms with Crippen LogP contribution in [-0.2, 0) is 9.59 Å². The molecule has 0 fully saturated rings. The van der Waals surface area contributed by atoms with Crippen LogP contribution in [0.4, 0.5) is 0 Å². The molecular weight excluding hydrogens is 314 g/mol. The van der Waals surface area contributed by atoms with E-state index < -0.39 is 11.9 Å². The maximum atomic E-state index is 11.6. The maximum Gasteiger partial charge on any atom is 0.310 e. The summed E-state index contributed by atoms with van der Waals surface area (Å²) < 4.78 is 5.80. The Morgan fingerprint density at radius 3 is 2.79 bits per heavy atom. The monoisotopic (exact) mass is 325 g/mol. The van der Waals surface area contributed by atoms with E-state index in [0.717, 1.165) is 0 Å². The molecule has 0 saturated carbocycles. The number of amides is 1. The van der Waals surface area contributed by atoms with Gasteiger partial charge in [-0.2, -0.15) is 0 Å². The van der Waals surface area contributed by atoms with Gasteiger partial charge in [-0.05, 0) is 40.6 Å². The van der Waals surface area contributed by atoms with Crippen LogP contribution in [0, 0.1) is 5.92 Å². The molecule has 2 rings (SSSR count). The van der Waals surface area contributed by atoms with Crippen LogP contribution in [0.5, 0.6) is 0 Å². The van der Waals surface area contributed by atoms with Crippen LogP contribution in [0.15, 0.2) is 39.4 Å². The van der Waals surface area contributed by atoms with Gasteiger partial charge >= 0.3 is 5.97 Å². The predicted octanol–water partition coefficient (Wildman–Crippen LogP) is 2.20. The van der Waals surface area contributed by atoms with Gasteiger partial charge in [0.1, 0.15) is 5.76 Å². The summed E-state index contributed by atoms with van der Waals surface area (Å²) in [4.78, 5) is 22.4. The summed E-state index contributed by atoms with van der Waals surface area (Å²) in [5, 5.41) is 11.5. The Kier molecular flexibility index (Phi) is 4.21. The topological polar surface area (TPSA) is 79.5 Å². The first-order chi connectivity index (χ1) is 9.04. The molecule has 0 spiro atoms. The van der Waals surface area contributed by atoms with Crippen LogP contribution in [0.2, 0.25) is 0 Å². The quantitative estimate of drug-likeness (QED) is 0.657. The van der Waals surface area contributed by atoms with Gasteiger partial charge in [0, 0.05) is 12.1 Å². The molecule has 1 aromatic heterocycles. The molecule has 1 aromatic rings. The molecule has 100 valence electrons. The average Bonchev–Trinajstić information content (AvgIpc) is 2.96. The summed E-state index contributed by atoms with van der Waals surface area (Å²) in [7, 11) is 0. The predicted molar refractivity (Wildman–Crippen MR) is 72.3 cm³/mol. The number of aliphatic carboxylic acids is 1. The highest BCUT2D eigenvalue weighted by Gasteiger charge is 2.24. The number of nitrogens with one attached hydrogen (secondary N) is 1. The number of carbonyl (C=O) groups is 2. The van der Waals surface area contributed by atoms with E-state index in [4.69, 9.17) is 9.52 Å². The second-order valence-corrected chi connectivity index (χ2v) is 4.94. The number of halogens is 1. The molecule has 2 atom stereocenters. The van der Waals surface area contributed by atoms with Crippen LogP contribution in [0.25, 0.3) is 6.08 Å². The van der Waals surface area contributed by atoms with Crippen molar-refractivity contribution in [3.05, 3.63) is 40.8 Å². The molecule has 2 N–H and O–H groups in total. The largest absolute Gasteiger partial charge is 0.481 e. The molecule has 0 radical (unpaired) electrons. The fourth-order valence-electron chi connectivity index (χ4n) is 1.80. The Labute approximate surface area is 118 Å². The molecule has 1 aliphatic rings. The summed E-state index contributed by atoms with van der Waals surface area (Å²) in [6.45, 7) is 0. The van der Waals surface area contributed by atoms with Gasteiger partial charge in [-0.25, -0.2) is 0 Å². The summed E-state index contributed by atoms with van der Waals surface area (Å²) >= 11 is 3.16. The van der Waals surface area contributed by atoms with Crippen molar-refractivity contribution in [2.24, 2.45) is 5.92 Å². The molecule has 1 amide bonds. The second kappa shape index (κ2) is 5.88. The van der Waals surface area contributed by atoms with E-state index in [9.17, 15) is 9.59 Å². The van der Waals surface area contributed by atoms with Gasteiger partial charge in [-0.15, -0.1) is 0 Å². The smallest absolute Gasteiger partial charge is 0.310 e. The highest BCUT2D eigenvalue weighted by molar-refractivity contribution is 9.10. The van der Waals surface area contributed by atoms with Gasteiger partial charge < -0.3 is 14.8 Å². The molecule has 1 heterocycles.